The number of carboxylic acid groups (broad SMARTS) is 1. The number of ether oxygens (including phenoxy) is 1. The van der Waals surface area contributed by atoms with Gasteiger partial charge in [0.05, 0.1) is 12.6 Å². The average molecular weight is 517 g/mol. The maximum atomic E-state index is 15.5. The van der Waals surface area contributed by atoms with E-state index >= 15 is 4.39 Å². The van der Waals surface area contributed by atoms with Crippen LogP contribution in [0.15, 0.2) is 52.2 Å². The molecule has 0 radical (unpaired) electrons. The van der Waals surface area contributed by atoms with Crippen LogP contribution in [0.5, 0.6) is 5.75 Å². The Bertz CT molecular complexity index is 1100. The highest BCUT2D eigenvalue weighted by Crippen LogP contribution is 2.36. The van der Waals surface area contributed by atoms with Crippen LogP contribution in [0.1, 0.15) is 43.8 Å². The summed E-state index contributed by atoms with van der Waals surface area (Å²) in [4.78, 5) is 19.4. The van der Waals surface area contributed by atoms with Gasteiger partial charge >= 0.3 is 5.97 Å². The molecule has 3 atom stereocenters. The lowest BCUT2D eigenvalue weighted by Crippen LogP contribution is -2.41. The first-order valence-corrected chi connectivity index (χ1v) is 14.1. The van der Waals surface area contributed by atoms with E-state index < -0.39 is 12.1 Å². The third-order valence-corrected chi connectivity index (χ3v) is 8.79. The molecule has 1 N–H and O–H groups in total. The topological polar surface area (TPSA) is 62.7 Å². The number of alkyl halides is 1. The summed E-state index contributed by atoms with van der Waals surface area (Å²) in [6.45, 7) is 2.88. The van der Waals surface area contributed by atoms with Crippen LogP contribution in [-0.2, 0) is 4.79 Å². The Labute approximate surface area is 214 Å². The quantitative estimate of drug-likeness (QED) is 0.271. The molecular weight excluding hydrogens is 483 g/mol. The molecule has 2 aromatic heterocycles. The van der Waals surface area contributed by atoms with Gasteiger partial charge in [0.1, 0.15) is 11.9 Å². The summed E-state index contributed by atoms with van der Waals surface area (Å²) in [6, 6.07) is 9.46. The van der Waals surface area contributed by atoms with Crippen molar-refractivity contribution < 1.29 is 19.0 Å². The maximum absolute atomic E-state index is 15.5. The number of hydrogen-bond acceptors (Lipinski definition) is 6. The van der Waals surface area contributed by atoms with Gasteiger partial charge in [-0.2, -0.15) is 11.3 Å². The molecule has 0 spiro atoms. The fourth-order valence-electron chi connectivity index (χ4n) is 5.06. The average Bonchev–Trinajstić information content (AvgIpc) is 3.39. The molecule has 1 aliphatic rings. The number of methoxy groups -OCH3 is 1. The smallest absolute Gasteiger partial charge is 0.303 e. The first-order valence-electron chi connectivity index (χ1n) is 12.2. The minimum Gasteiger partial charge on any atom is -0.497 e. The lowest BCUT2D eigenvalue weighted by Gasteiger charge is -2.39. The number of thiophene rings is 1. The molecule has 1 aliphatic heterocycles. The van der Waals surface area contributed by atoms with Crippen molar-refractivity contribution in [2.75, 3.05) is 32.5 Å². The van der Waals surface area contributed by atoms with Crippen LogP contribution in [0.25, 0.3) is 10.9 Å². The largest absolute Gasteiger partial charge is 0.497 e. The molecule has 0 saturated carbocycles. The number of rotatable bonds is 12. The van der Waals surface area contributed by atoms with Crippen molar-refractivity contribution >= 4 is 40.0 Å². The number of carboxylic acids is 1. The van der Waals surface area contributed by atoms with Crippen LogP contribution >= 0.6 is 23.1 Å². The number of nitrogens with zero attached hydrogens (tertiary/aromatic N) is 2. The van der Waals surface area contributed by atoms with Gasteiger partial charge in [-0.05, 0) is 85.3 Å². The highest BCUT2D eigenvalue weighted by Gasteiger charge is 2.30. The second-order valence-corrected chi connectivity index (χ2v) is 11.1. The van der Waals surface area contributed by atoms with Crippen LogP contribution in [0.4, 0.5) is 4.39 Å². The Kier molecular flexibility index (Phi) is 9.40. The van der Waals surface area contributed by atoms with Crippen molar-refractivity contribution in [1.82, 2.24) is 9.88 Å². The van der Waals surface area contributed by atoms with E-state index in [0.717, 1.165) is 49.1 Å². The van der Waals surface area contributed by atoms with Gasteiger partial charge in [0.2, 0.25) is 0 Å². The van der Waals surface area contributed by atoms with Crippen molar-refractivity contribution in [1.29, 1.82) is 0 Å². The molecule has 35 heavy (non-hydrogen) atoms. The Morgan fingerprint density at radius 1 is 1.31 bits per heavy atom. The maximum Gasteiger partial charge on any atom is 0.303 e. The fourth-order valence-corrected chi connectivity index (χ4v) is 6.86. The first kappa shape index (κ1) is 25.9. The molecule has 4 rings (SSSR count). The van der Waals surface area contributed by atoms with Crippen molar-refractivity contribution in [3.63, 3.8) is 0 Å². The van der Waals surface area contributed by atoms with E-state index in [9.17, 15) is 9.90 Å². The molecule has 8 heteroatoms. The first-order chi connectivity index (χ1) is 17.0. The molecule has 1 fully saturated rings. The molecule has 0 aliphatic carbocycles. The number of aliphatic carboxylic acids is 1. The number of thioether (sulfide) groups is 1. The van der Waals surface area contributed by atoms with Gasteiger partial charge in [0.25, 0.3) is 0 Å². The van der Waals surface area contributed by atoms with Crippen molar-refractivity contribution in [3.05, 3.63) is 52.9 Å². The minimum atomic E-state index is -1.09. The van der Waals surface area contributed by atoms with Gasteiger partial charge in [0, 0.05) is 47.1 Å². The van der Waals surface area contributed by atoms with Crippen LogP contribution < -0.4 is 4.74 Å². The summed E-state index contributed by atoms with van der Waals surface area (Å²) in [5.41, 5.74) is 1.41. The highest BCUT2D eigenvalue weighted by atomic mass is 32.2. The standard InChI is InChI=1S/C27H33FN2O3S2/c1-33-21-4-6-26-24(16-21)23(8-11-29-26)25(28)5-2-19-9-12-30(17-20(19)3-7-27(31)32)13-15-35-22-10-14-34-18-22/h4,6,8,10-11,14,16,18-20,25H,2-3,5,7,9,12-13,15,17H2,1H3,(H,31,32)/t19-,20+,25?/m1/s1. The predicted molar refractivity (Wildman–Crippen MR) is 141 cm³/mol. The molecule has 0 amide bonds. The third-order valence-electron chi connectivity index (χ3n) is 6.99. The van der Waals surface area contributed by atoms with E-state index in [2.05, 4.69) is 26.7 Å². The molecule has 3 aromatic rings. The van der Waals surface area contributed by atoms with Crippen LogP contribution in [-0.4, -0.2) is 53.5 Å². The molecule has 1 saturated heterocycles. The zero-order valence-electron chi connectivity index (χ0n) is 20.1. The Morgan fingerprint density at radius 3 is 2.97 bits per heavy atom. The molecular formula is C27H33FN2O3S2. The van der Waals surface area contributed by atoms with E-state index in [1.54, 1.807) is 30.7 Å². The minimum absolute atomic E-state index is 0.173. The Morgan fingerprint density at radius 2 is 2.20 bits per heavy atom. The molecule has 3 heterocycles. The number of pyridine rings is 1. The van der Waals surface area contributed by atoms with Gasteiger partial charge < -0.3 is 14.7 Å². The highest BCUT2D eigenvalue weighted by molar-refractivity contribution is 7.99. The van der Waals surface area contributed by atoms with Crippen LogP contribution in [0, 0.1) is 11.8 Å². The van der Waals surface area contributed by atoms with Gasteiger partial charge in [-0.3, -0.25) is 9.78 Å². The van der Waals surface area contributed by atoms with E-state index in [1.807, 2.05) is 30.0 Å². The van der Waals surface area contributed by atoms with E-state index in [-0.39, 0.29) is 12.3 Å². The molecule has 0 bridgehead atoms. The third kappa shape index (κ3) is 7.18. The zero-order chi connectivity index (χ0) is 24.6. The van der Waals surface area contributed by atoms with Crippen LogP contribution in [0.2, 0.25) is 0 Å². The number of piperidine rings is 1. The monoisotopic (exact) mass is 516 g/mol. The lowest BCUT2D eigenvalue weighted by molar-refractivity contribution is -0.137. The van der Waals surface area contributed by atoms with Gasteiger partial charge in [-0.25, -0.2) is 4.39 Å². The summed E-state index contributed by atoms with van der Waals surface area (Å²) in [5, 5.41) is 14.3. The second-order valence-electron chi connectivity index (χ2n) is 9.18. The molecule has 1 unspecified atom stereocenters. The van der Waals surface area contributed by atoms with Gasteiger partial charge in [-0.1, -0.05) is 0 Å². The lowest BCUT2D eigenvalue weighted by atomic mass is 9.79. The Hall–Kier alpha value is -2.16. The van der Waals surface area contributed by atoms with Crippen molar-refractivity contribution in [2.45, 2.75) is 43.2 Å². The molecule has 5 nitrogen and oxygen atoms in total. The van der Waals surface area contributed by atoms with E-state index in [4.69, 9.17) is 4.74 Å². The number of hydrogen-bond donors (Lipinski definition) is 1. The van der Waals surface area contributed by atoms with Crippen molar-refractivity contribution in [2.24, 2.45) is 11.8 Å². The number of carbonyl (C=O) groups is 1. The molecule has 1 aromatic carbocycles. The normalized spacial score (nSPS) is 19.6. The second kappa shape index (κ2) is 12.7. The summed E-state index contributed by atoms with van der Waals surface area (Å²) in [7, 11) is 1.61. The summed E-state index contributed by atoms with van der Waals surface area (Å²) < 4.78 is 20.8. The number of benzene rings is 1. The fraction of sp³-hybridized carbons (Fsp3) is 0.481. The number of aromatic nitrogens is 1. The van der Waals surface area contributed by atoms with Crippen molar-refractivity contribution in [3.8, 4) is 5.75 Å². The summed E-state index contributed by atoms with van der Waals surface area (Å²) in [5.74, 6) is 1.59. The van der Waals surface area contributed by atoms with Crippen LogP contribution in [0.3, 0.4) is 0 Å². The molecule has 188 valence electrons. The zero-order valence-corrected chi connectivity index (χ0v) is 21.7. The summed E-state index contributed by atoms with van der Waals surface area (Å²) in [6.07, 6.45) is 3.58. The number of halogens is 1. The van der Waals surface area contributed by atoms with Gasteiger partial charge in [-0.15, -0.1) is 11.8 Å². The number of likely N-dealkylation sites (tertiary alicyclic amines) is 1. The predicted octanol–water partition coefficient (Wildman–Crippen LogP) is 6.69. The summed E-state index contributed by atoms with van der Waals surface area (Å²) >= 11 is 3.58. The van der Waals surface area contributed by atoms with E-state index in [0.29, 0.717) is 30.1 Å². The Balaban J connectivity index is 1.36. The van der Waals surface area contributed by atoms with E-state index in [1.165, 1.54) is 4.90 Å². The SMILES string of the molecule is COc1ccc2nccc(C(F)CC[C@@H]3CCN(CCSc4ccsc4)C[C@@H]3CCC(=O)O)c2c1. The number of fused-ring (bicyclic) bond motifs is 1. The van der Waals surface area contributed by atoms with Gasteiger partial charge in [0.15, 0.2) is 0 Å².